The van der Waals surface area contributed by atoms with Crippen molar-refractivity contribution in [3.8, 4) is 5.75 Å². The van der Waals surface area contributed by atoms with Crippen molar-refractivity contribution in [2.24, 2.45) is 0 Å². The summed E-state index contributed by atoms with van der Waals surface area (Å²) in [5.74, 6) is -1.37. The third-order valence-corrected chi connectivity index (χ3v) is 2.54. The Balaban J connectivity index is 3.41. The average Bonchev–Trinajstić information content (AvgIpc) is 2.17. The van der Waals surface area contributed by atoms with Crippen molar-refractivity contribution in [1.29, 1.82) is 0 Å². The maximum Gasteiger partial charge on any atom is 0.573 e. The maximum atomic E-state index is 12.1. The molecular formula is C10H6BrF3O3. The van der Waals surface area contributed by atoms with Crippen molar-refractivity contribution in [1.82, 2.24) is 0 Å². The van der Waals surface area contributed by atoms with Crippen LogP contribution in [0.25, 0.3) is 0 Å². The summed E-state index contributed by atoms with van der Waals surface area (Å²) in [4.78, 5) is 22.0. The van der Waals surface area contributed by atoms with E-state index in [0.29, 0.717) is 6.29 Å². The number of Topliss-reactive ketones (excluding diaryl/α,β-unsaturated/α-hetero) is 1. The lowest BCUT2D eigenvalue weighted by Gasteiger charge is -2.13. The number of carbonyl (C=O) groups is 2. The molecule has 0 radical (unpaired) electrons. The molecule has 1 aromatic rings. The first-order valence-electron chi connectivity index (χ1n) is 4.30. The number of ketones is 1. The van der Waals surface area contributed by atoms with Crippen LogP contribution in [0.1, 0.15) is 27.6 Å². The summed E-state index contributed by atoms with van der Waals surface area (Å²) in [7, 11) is 0. The molecule has 1 rings (SSSR count). The van der Waals surface area contributed by atoms with Gasteiger partial charge in [-0.3, -0.25) is 9.59 Å². The van der Waals surface area contributed by atoms with E-state index in [2.05, 4.69) is 20.7 Å². The first kappa shape index (κ1) is 13.7. The number of aldehydes is 1. The van der Waals surface area contributed by atoms with Crippen molar-refractivity contribution in [2.45, 2.75) is 13.3 Å². The number of hydrogen-bond donors (Lipinski definition) is 0. The molecule has 3 nitrogen and oxygen atoms in total. The molecule has 17 heavy (non-hydrogen) atoms. The fourth-order valence-electron chi connectivity index (χ4n) is 1.26. The molecule has 1 aromatic carbocycles. The smallest absolute Gasteiger partial charge is 0.405 e. The van der Waals surface area contributed by atoms with Gasteiger partial charge in [0.25, 0.3) is 0 Å². The molecule has 0 spiro atoms. The van der Waals surface area contributed by atoms with Gasteiger partial charge in [0, 0.05) is 10.0 Å². The van der Waals surface area contributed by atoms with E-state index in [1.54, 1.807) is 0 Å². The molecule has 7 heteroatoms. The Morgan fingerprint density at radius 1 is 1.41 bits per heavy atom. The van der Waals surface area contributed by atoms with E-state index >= 15 is 0 Å². The Bertz CT molecular complexity index is 469. The summed E-state index contributed by atoms with van der Waals surface area (Å²) in [5, 5.41) is 0. The van der Waals surface area contributed by atoms with Gasteiger partial charge in [0.05, 0.1) is 5.56 Å². The largest absolute Gasteiger partial charge is 0.573 e. The number of carbonyl (C=O) groups excluding carboxylic acids is 2. The van der Waals surface area contributed by atoms with Crippen molar-refractivity contribution >= 4 is 28.0 Å². The number of halogens is 4. The van der Waals surface area contributed by atoms with E-state index in [0.717, 1.165) is 13.0 Å². The Kier molecular flexibility index (Phi) is 3.92. The van der Waals surface area contributed by atoms with E-state index in [4.69, 9.17) is 0 Å². The number of ether oxygens (including phenoxy) is 1. The highest BCUT2D eigenvalue weighted by Gasteiger charge is 2.33. The van der Waals surface area contributed by atoms with Crippen molar-refractivity contribution in [2.75, 3.05) is 0 Å². The topological polar surface area (TPSA) is 43.4 Å². The maximum absolute atomic E-state index is 12.1. The van der Waals surface area contributed by atoms with Gasteiger partial charge in [-0.1, -0.05) is 15.9 Å². The van der Waals surface area contributed by atoms with Crippen molar-refractivity contribution < 1.29 is 27.5 Å². The van der Waals surface area contributed by atoms with Crippen LogP contribution < -0.4 is 4.74 Å². The summed E-state index contributed by atoms with van der Waals surface area (Å²) < 4.78 is 40.2. The summed E-state index contributed by atoms with van der Waals surface area (Å²) in [6.07, 6.45) is -4.62. The number of rotatable bonds is 3. The molecule has 0 saturated heterocycles. The molecule has 0 aliphatic carbocycles. The summed E-state index contributed by atoms with van der Waals surface area (Å²) in [5.41, 5.74) is -0.564. The van der Waals surface area contributed by atoms with Gasteiger partial charge in [-0.2, -0.15) is 0 Å². The first-order chi connectivity index (χ1) is 7.76. The van der Waals surface area contributed by atoms with Gasteiger partial charge in [0.15, 0.2) is 12.1 Å². The van der Waals surface area contributed by atoms with E-state index in [-0.39, 0.29) is 10.0 Å². The molecule has 0 aliphatic rings. The van der Waals surface area contributed by atoms with E-state index in [1.807, 2.05) is 0 Å². The van der Waals surface area contributed by atoms with Crippen LogP contribution in [0.5, 0.6) is 5.75 Å². The van der Waals surface area contributed by atoms with E-state index < -0.39 is 23.5 Å². The minimum absolute atomic E-state index is 0.167. The van der Waals surface area contributed by atoms with E-state index in [9.17, 15) is 22.8 Å². The van der Waals surface area contributed by atoms with Crippen molar-refractivity contribution in [3.05, 3.63) is 27.7 Å². The summed E-state index contributed by atoms with van der Waals surface area (Å²) in [6.45, 7) is 1.05. The van der Waals surface area contributed by atoms with Gasteiger partial charge in [0.2, 0.25) is 0 Å². The third kappa shape index (κ3) is 3.29. The van der Waals surface area contributed by atoms with Crippen LogP contribution in [0, 0.1) is 0 Å². The first-order valence-corrected chi connectivity index (χ1v) is 5.10. The highest BCUT2D eigenvalue weighted by molar-refractivity contribution is 9.10. The average molecular weight is 311 g/mol. The molecule has 0 unspecified atom stereocenters. The molecule has 0 fully saturated rings. The highest BCUT2D eigenvalue weighted by Crippen LogP contribution is 2.32. The summed E-state index contributed by atoms with van der Waals surface area (Å²) in [6, 6.07) is 2.18. The molecule has 0 amide bonds. The minimum atomic E-state index is -4.92. The lowest BCUT2D eigenvalue weighted by Crippen LogP contribution is -2.19. The highest BCUT2D eigenvalue weighted by atomic mass is 79.9. The second-order valence-corrected chi connectivity index (χ2v) is 3.91. The zero-order valence-corrected chi connectivity index (χ0v) is 10.1. The van der Waals surface area contributed by atoms with Gasteiger partial charge >= 0.3 is 6.36 Å². The molecule has 0 heterocycles. The quantitative estimate of drug-likeness (QED) is 0.635. The van der Waals surface area contributed by atoms with Gasteiger partial charge < -0.3 is 4.74 Å². The molecule has 0 bridgehead atoms. The van der Waals surface area contributed by atoms with Gasteiger partial charge in [-0.25, -0.2) is 0 Å². The summed E-state index contributed by atoms with van der Waals surface area (Å²) >= 11 is 2.97. The van der Waals surface area contributed by atoms with Crippen molar-refractivity contribution in [3.63, 3.8) is 0 Å². The number of hydrogen-bond acceptors (Lipinski definition) is 3. The Morgan fingerprint density at radius 2 is 2.00 bits per heavy atom. The second kappa shape index (κ2) is 4.87. The number of alkyl halides is 3. The fourth-order valence-corrected chi connectivity index (χ4v) is 1.69. The zero-order chi connectivity index (χ0) is 13.2. The van der Waals surface area contributed by atoms with Gasteiger partial charge in [-0.05, 0) is 19.1 Å². The molecule has 92 valence electrons. The number of benzene rings is 1. The SMILES string of the molecule is CC(=O)c1c(OC(F)(F)F)ccc(Br)c1C=O. The standard InChI is InChI=1S/C10H6BrF3O3/c1-5(16)9-6(4-15)7(11)2-3-8(9)17-10(12,13)14/h2-4H,1H3. The molecule has 0 atom stereocenters. The van der Waals surface area contributed by atoms with Crippen LogP contribution in [-0.4, -0.2) is 18.4 Å². The van der Waals surface area contributed by atoms with Crippen LogP contribution in [-0.2, 0) is 0 Å². The molecule has 0 aromatic heterocycles. The molecule has 0 saturated carbocycles. The Morgan fingerprint density at radius 3 is 2.41 bits per heavy atom. The molecular weight excluding hydrogens is 305 g/mol. The molecule has 0 N–H and O–H groups in total. The van der Waals surface area contributed by atoms with Crippen LogP contribution in [0.3, 0.4) is 0 Å². The van der Waals surface area contributed by atoms with Crippen LogP contribution in [0.4, 0.5) is 13.2 Å². The van der Waals surface area contributed by atoms with E-state index in [1.165, 1.54) is 6.07 Å². The van der Waals surface area contributed by atoms with Gasteiger partial charge in [-0.15, -0.1) is 13.2 Å². The predicted molar refractivity (Wildman–Crippen MR) is 56.2 cm³/mol. The van der Waals surface area contributed by atoms with Crippen LogP contribution in [0.15, 0.2) is 16.6 Å². The lowest BCUT2D eigenvalue weighted by molar-refractivity contribution is -0.274. The fraction of sp³-hybridized carbons (Fsp3) is 0.200. The predicted octanol–water partition coefficient (Wildman–Crippen LogP) is 3.36. The minimum Gasteiger partial charge on any atom is -0.405 e. The Labute approximate surface area is 103 Å². The second-order valence-electron chi connectivity index (χ2n) is 3.06. The zero-order valence-electron chi connectivity index (χ0n) is 8.47. The monoisotopic (exact) mass is 310 g/mol. The Hall–Kier alpha value is -1.37. The molecule has 0 aliphatic heterocycles. The lowest BCUT2D eigenvalue weighted by atomic mass is 10.0. The van der Waals surface area contributed by atoms with Gasteiger partial charge in [0.1, 0.15) is 5.75 Å². The van der Waals surface area contributed by atoms with Crippen LogP contribution in [0.2, 0.25) is 0 Å². The van der Waals surface area contributed by atoms with Crippen LogP contribution >= 0.6 is 15.9 Å². The normalized spacial score (nSPS) is 11.1. The third-order valence-electron chi connectivity index (χ3n) is 1.85.